The second-order valence-electron chi connectivity index (χ2n) is 8.67. The molecule has 0 radical (unpaired) electrons. The first-order chi connectivity index (χ1) is 14.5. The molecule has 1 aromatic rings. The number of fused-ring (bicyclic) bond motifs is 1. The summed E-state index contributed by atoms with van der Waals surface area (Å²) in [5.41, 5.74) is 1.57. The minimum atomic E-state index is -0.191. The summed E-state index contributed by atoms with van der Waals surface area (Å²) in [5, 5.41) is 2.97. The lowest BCUT2D eigenvalue weighted by Crippen LogP contribution is -2.40. The van der Waals surface area contributed by atoms with Crippen LogP contribution in [-0.2, 0) is 16.1 Å². The number of benzene rings is 1. The lowest BCUT2D eigenvalue weighted by Gasteiger charge is -2.38. The van der Waals surface area contributed by atoms with Gasteiger partial charge in [-0.1, -0.05) is 38.1 Å². The standard InChI is InChI=1S/C24H31N3O3/c1-3-13-26(14-4-2)24(30)25-15-16-5-11-19(12-6-16)27-22(28)20-17-7-8-18(10-9-17)21(20)23(27)29/h5-8,11-12,17-18,20-21H,3-4,9-10,13-15H2,1-2H3,(H,25,30). The van der Waals surface area contributed by atoms with Crippen LogP contribution in [0.25, 0.3) is 0 Å². The molecule has 4 aliphatic rings. The molecule has 1 saturated heterocycles. The van der Waals surface area contributed by atoms with E-state index in [2.05, 4.69) is 31.3 Å². The van der Waals surface area contributed by atoms with E-state index in [4.69, 9.17) is 0 Å². The molecular weight excluding hydrogens is 378 g/mol. The fourth-order valence-corrected chi connectivity index (χ4v) is 5.24. The van der Waals surface area contributed by atoms with Gasteiger partial charge in [-0.2, -0.15) is 0 Å². The van der Waals surface area contributed by atoms with Crippen LogP contribution in [0, 0.1) is 23.7 Å². The SMILES string of the molecule is CCCN(CCC)C(=O)NCc1ccc(N2C(=O)C3C4C=CC(CC4)C3C2=O)cc1. The summed E-state index contributed by atoms with van der Waals surface area (Å²) in [6.07, 6.45) is 8.13. The van der Waals surface area contributed by atoms with Crippen LogP contribution >= 0.6 is 0 Å². The average Bonchev–Trinajstić information content (AvgIpc) is 3.05. The first-order valence-electron chi connectivity index (χ1n) is 11.2. The minimum Gasteiger partial charge on any atom is -0.334 e. The molecule has 6 nitrogen and oxygen atoms in total. The molecule has 1 aromatic carbocycles. The Bertz CT molecular complexity index is 810. The van der Waals surface area contributed by atoms with Crippen LogP contribution in [0.3, 0.4) is 0 Å². The number of anilines is 1. The van der Waals surface area contributed by atoms with Gasteiger partial charge in [-0.05, 0) is 55.2 Å². The Kier molecular flexibility index (Phi) is 5.93. The van der Waals surface area contributed by atoms with E-state index < -0.39 is 0 Å². The molecule has 160 valence electrons. The lowest BCUT2D eigenvalue weighted by atomic mass is 9.63. The second kappa shape index (κ2) is 8.62. The van der Waals surface area contributed by atoms with Crippen LogP contribution in [0.1, 0.15) is 45.1 Å². The van der Waals surface area contributed by atoms with E-state index in [1.165, 1.54) is 4.90 Å². The summed E-state index contributed by atoms with van der Waals surface area (Å²) < 4.78 is 0. The highest BCUT2D eigenvalue weighted by Gasteiger charge is 2.56. The number of carbonyl (C=O) groups excluding carboxylic acids is 3. The van der Waals surface area contributed by atoms with Crippen molar-refractivity contribution in [3.05, 3.63) is 42.0 Å². The molecule has 4 atom stereocenters. The Labute approximate surface area is 178 Å². The molecule has 1 saturated carbocycles. The third kappa shape index (κ3) is 3.64. The van der Waals surface area contributed by atoms with E-state index in [0.29, 0.717) is 12.2 Å². The summed E-state index contributed by atoms with van der Waals surface area (Å²) in [7, 11) is 0. The van der Waals surface area contributed by atoms with Crippen molar-refractivity contribution in [3.8, 4) is 0 Å². The molecule has 1 aliphatic heterocycles. The van der Waals surface area contributed by atoms with Crippen molar-refractivity contribution >= 4 is 23.5 Å². The number of hydrogen-bond donors (Lipinski definition) is 1. The van der Waals surface area contributed by atoms with E-state index in [0.717, 1.165) is 44.3 Å². The quantitative estimate of drug-likeness (QED) is 0.551. The van der Waals surface area contributed by atoms with Gasteiger partial charge in [0.25, 0.3) is 0 Å². The van der Waals surface area contributed by atoms with Crippen LogP contribution in [0.5, 0.6) is 0 Å². The third-order valence-corrected chi connectivity index (χ3v) is 6.67. The molecule has 30 heavy (non-hydrogen) atoms. The first kappa shape index (κ1) is 20.6. The van der Waals surface area contributed by atoms with Gasteiger partial charge in [0.1, 0.15) is 0 Å². The van der Waals surface area contributed by atoms with Gasteiger partial charge in [-0.3, -0.25) is 14.5 Å². The maximum atomic E-state index is 13.0. The molecule has 5 rings (SSSR count). The first-order valence-corrected chi connectivity index (χ1v) is 11.2. The van der Waals surface area contributed by atoms with Crippen molar-refractivity contribution in [2.75, 3.05) is 18.0 Å². The van der Waals surface area contributed by atoms with Crippen molar-refractivity contribution in [1.29, 1.82) is 0 Å². The van der Waals surface area contributed by atoms with Crippen LogP contribution in [0.15, 0.2) is 36.4 Å². The summed E-state index contributed by atoms with van der Waals surface area (Å²) >= 11 is 0. The van der Waals surface area contributed by atoms with E-state index in [1.54, 1.807) is 0 Å². The van der Waals surface area contributed by atoms with Crippen molar-refractivity contribution in [3.63, 3.8) is 0 Å². The number of nitrogens with zero attached hydrogens (tertiary/aromatic N) is 2. The monoisotopic (exact) mass is 409 g/mol. The zero-order chi connectivity index (χ0) is 21.3. The van der Waals surface area contributed by atoms with Gasteiger partial charge in [0.15, 0.2) is 0 Å². The number of hydrogen-bond acceptors (Lipinski definition) is 3. The molecule has 4 amide bonds. The van der Waals surface area contributed by atoms with Crippen LogP contribution in [0.4, 0.5) is 10.5 Å². The minimum absolute atomic E-state index is 0.0557. The molecule has 2 bridgehead atoms. The van der Waals surface area contributed by atoms with Gasteiger partial charge in [0.2, 0.25) is 11.8 Å². The van der Waals surface area contributed by atoms with Gasteiger partial charge in [-0.25, -0.2) is 4.79 Å². The van der Waals surface area contributed by atoms with Crippen molar-refractivity contribution < 1.29 is 14.4 Å². The fourth-order valence-electron chi connectivity index (χ4n) is 5.24. The van der Waals surface area contributed by atoms with E-state index in [1.807, 2.05) is 29.2 Å². The average molecular weight is 410 g/mol. The molecule has 3 aliphatic carbocycles. The van der Waals surface area contributed by atoms with Gasteiger partial charge in [-0.15, -0.1) is 0 Å². The number of carbonyl (C=O) groups is 3. The highest BCUT2D eigenvalue weighted by atomic mass is 16.2. The number of imide groups is 1. The second-order valence-corrected chi connectivity index (χ2v) is 8.67. The Hall–Kier alpha value is -2.63. The number of allylic oxidation sites excluding steroid dienone is 2. The molecule has 0 aromatic heterocycles. The smallest absolute Gasteiger partial charge is 0.317 e. The summed E-state index contributed by atoms with van der Waals surface area (Å²) in [6.45, 7) is 6.04. The zero-order valence-corrected chi connectivity index (χ0v) is 17.8. The number of nitrogens with one attached hydrogen (secondary N) is 1. The maximum absolute atomic E-state index is 13.0. The number of rotatable bonds is 7. The van der Waals surface area contributed by atoms with Crippen molar-refractivity contribution in [1.82, 2.24) is 10.2 Å². The highest BCUT2D eigenvalue weighted by molar-refractivity contribution is 6.22. The molecule has 2 fully saturated rings. The van der Waals surface area contributed by atoms with Crippen LogP contribution in [0.2, 0.25) is 0 Å². The Morgan fingerprint density at radius 2 is 1.50 bits per heavy atom. The topological polar surface area (TPSA) is 69.7 Å². The molecule has 4 unspecified atom stereocenters. The number of amides is 4. The molecule has 1 N–H and O–H groups in total. The summed E-state index contributed by atoms with van der Waals surface area (Å²) in [5.74, 6) is -0.0957. The summed E-state index contributed by atoms with van der Waals surface area (Å²) in [4.78, 5) is 41.7. The van der Waals surface area contributed by atoms with E-state index in [9.17, 15) is 14.4 Å². The zero-order valence-electron chi connectivity index (χ0n) is 17.8. The van der Waals surface area contributed by atoms with Crippen LogP contribution < -0.4 is 10.2 Å². The molecule has 1 heterocycles. The van der Waals surface area contributed by atoms with Gasteiger partial charge >= 0.3 is 6.03 Å². The molecule has 6 heteroatoms. The van der Waals surface area contributed by atoms with Gasteiger partial charge in [0.05, 0.1) is 17.5 Å². The van der Waals surface area contributed by atoms with Gasteiger partial charge < -0.3 is 10.2 Å². The molecular formula is C24H31N3O3. The highest BCUT2D eigenvalue weighted by Crippen LogP contribution is 2.50. The molecule has 0 spiro atoms. The Morgan fingerprint density at radius 3 is 1.97 bits per heavy atom. The predicted octanol–water partition coefficient (Wildman–Crippen LogP) is 3.72. The van der Waals surface area contributed by atoms with E-state index >= 15 is 0 Å². The van der Waals surface area contributed by atoms with Crippen molar-refractivity contribution in [2.45, 2.75) is 46.1 Å². The predicted molar refractivity (Wildman–Crippen MR) is 116 cm³/mol. The lowest BCUT2D eigenvalue weighted by molar-refractivity contribution is -0.124. The largest absolute Gasteiger partial charge is 0.334 e. The van der Waals surface area contributed by atoms with E-state index in [-0.39, 0.29) is 41.5 Å². The maximum Gasteiger partial charge on any atom is 0.317 e. The van der Waals surface area contributed by atoms with Crippen molar-refractivity contribution in [2.24, 2.45) is 23.7 Å². The Morgan fingerprint density at radius 1 is 0.967 bits per heavy atom. The van der Waals surface area contributed by atoms with Gasteiger partial charge in [0, 0.05) is 19.6 Å². The fraction of sp³-hybridized carbons (Fsp3) is 0.542. The number of urea groups is 1. The van der Waals surface area contributed by atoms with Crippen LogP contribution in [-0.4, -0.2) is 35.8 Å². The summed E-state index contributed by atoms with van der Waals surface area (Å²) in [6, 6.07) is 7.35. The normalized spacial score (nSPS) is 26.8. The Balaban J connectivity index is 1.41. The third-order valence-electron chi connectivity index (χ3n) is 6.67.